The molecule has 2 aliphatic rings. The summed E-state index contributed by atoms with van der Waals surface area (Å²) in [5.41, 5.74) is -0.866. The van der Waals surface area contributed by atoms with E-state index in [4.69, 9.17) is 28.4 Å². The van der Waals surface area contributed by atoms with E-state index in [1.54, 1.807) is 0 Å². The van der Waals surface area contributed by atoms with E-state index in [2.05, 4.69) is 0 Å². The van der Waals surface area contributed by atoms with Crippen LogP contribution in [0.3, 0.4) is 0 Å². The number of ether oxygens (including phenoxy) is 6. The van der Waals surface area contributed by atoms with Crippen molar-refractivity contribution in [3.05, 3.63) is 65.7 Å². The topological polar surface area (TPSA) is 272 Å². The second-order valence-electron chi connectivity index (χ2n) is 12.2. The van der Waals surface area contributed by atoms with Crippen LogP contribution in [0.25, 0.3) is 6.08 Å². The summed E-state index contributed by atoms with van der Waals surface area (Å²) in [6.45, 7) is 0.919. The Labute approximate surface area is 286 Å². The van der Waals surface area contributed by atoms with Gasteiger partial charge in [-0.25, -0.2) is 9.59 Å². The Balaban J connectivity index is 1.46. The number of hydrogen-bond donors (Lipinski definition) is 9. The highest BCUT2D eigenvalue weighted by Gasteiger charge is 2.50. The quantitative estimate of drug-likeness (QED) is 0.0791. The molecule has 2 fully saturated rings. The van der Waals surface area contributed by atoms with Gasteiger partial charge in [-0.3, -0.25) is 0 Å². The highest BCUT2D eigenvalue weighted by atomic mass is 16.7. The molecule has 11 atom stereocenters. The first kappa shape index (κ1) is 39.1. The standard InChI is InChI=1S/C33H42O17/c1-33(2,50-32-28(43)26(41)24(39)21(14-35)48-32)29(49-22(37)12-7-16-3-8-18(36)9-4-16)30(44)45-15-17-5-10-19(11-6-17)46-31-27(42)25(40)23(38)20(13-34)47-31/h3-12,20-21,23-29,31-32,34-36,38-43H,13-15H2,1-2H3/b12-7+/t20-,21-,23-,24-,25+,26+,27-,28-,29-,31-,32+/m1/s1. The SMILES string of the molecule is CC(C)(O[C@@H]1O[C@H](CO)[C@@H](O)[C@H](O)[C@H]1O)[C@H](OC(=O)/C=C/c1ccc(O)cc1)C(=O)OCc1ccc(O[C@@H]2O[C@H](CO)[C@@H](O)[C@H](O)[C@H]2O)cc1. The van der Waals surface area contributed by atoms with Crippen molar-refractivity contribution in [2.24, 2.45) is 0 Å². The third-order valence-corrected chi connectivity index (χ3v) is 8.06. The number of aliphatic hydroxyl groups excluding tert-OH is 8. The van der Waals surface area contributed by atoms with Crippen molar-refractivity contribution in [1.82, 2.24) is 0 Å². The molecule has 0 aromatic heterocycles. The Bertz CT molecular complexity index is 1430. The summed E-state index contributed by atoms with van der Waals surface area (Å²) in [6.07, 6.45) is -15.1. The minimum Gasteiger partial charge on any atom is -0.508 e. The minimum absolute atomic E-state index is 0.00981. The molecular formula is C33H42O17. The Morgan fingerprint density at radius 3 is 1.88 bits per heavy atom. The van der Waals surface area contributed by atoms with Crippen LogP contribution in [-0.2, 0) is 39.9 Å². The number of benzene rings is 2. The fourth-order valence-corrected chi connectivity index (χ4v) is 5.10. The second kappa shape index (κ2) is 17.0. The van der Waals surface area contributed by atoms with Gasteiger partial charge in [-0.2, -0.15) is 0 Å². The minimum atomic E-state index is -1.82. The zero-order valence-corrected chi connectivity index (χ0v) is 27.0. The number of phenols is 1. The van der Waals surface area contributed by atoms with E-state index in [-0.39, 0.29) is 18.1 Å². The smallest absolute Gasteiger partial charge is 0.350 e. The van der Waals surface area contributed by atoms with Crippen molar-refractivity contribution in [2.75, 3.05) is 13.2 Å². The summed E-state index contributed by atoms with van der Waals surface area (Å²) in [7, 11) is 0. The molecule has 17 heteroatoms. The van der Waals surface area contributed by atoms with E-state index in [1.165, 1.54) is 68.5 Å². The number of carbonyl (C=O) groups excluding carboxylic acids is 2. The highest BCUT2D eigenvalue weighted by Crippen LogP contribution is 2.30. The number of aliphatic hydroxyl groups is 8. The van der Waals surface area contributed by atoms with Gasteiger partial charge in [0.2, 0.25) is 12.4 Å². The molecule has 0 radical (unpaired) electrons. The van der Waals surface area contributed by atoms with Crippen molar-refractivity contribution in [1.29, 1.82) is 0 Å². The van der Waals surface area contributed by atoms with Crippen molar-refractivity contribution >= 4 is 18.0 Å². The largest absolute Gasteiger partial charge is 0.508 e. The number of carbonyl (C=O) groups is 2. The molecule has 2 saturated heterocycles. The van der Waals surface area contributed by atoms with Crippen LogP contribution >= 0.6 is 0 Å². The molecule has 2 heterocycles. The van der Waals surface area contributed by atoms with E-state index < -0.39 is 98.3 Å². The van der Waals surface area contributed by atoms with Gasteiger partial charge in [0.25, 0.3) is 0 Å². The van der Waals surface area contributed by atoms with Gasteiger partial charge in [-0.05, 0) is 55.3 Å². The zero-order valence-electron chi connectivity index (χ0n) is 27.0. The Morgan fingerprint density at radius 2 is 1.32 bits per heavy atom. The lowest BCUT2D eigenvalue weighted by molar-refractivity contribution is -0.330. The van der Waals surface area contributed by atoms with E-state index in [1.807, 2.05) is 0 Å². The first-order valence-electron chi connectivity index (χ1n) is 15.5. The van der Waals surface area contributed by atoms with E-state index >= 15 is 0 Å². The van der Waals surface area contributed by atoms with Gasteiger partial charge in [0.05, 0.1) is 13.2 Å². The maximum atomic E-state index is 13.5. The number of aromatic hydroxyl groups is 1. The summed E-state index contributed by atoms with van der Waals surface area (Å²) in [4.78, 5) is 26.3. The molecule has 0 unspecified atom stereocenters. The molecule has 2 aromatic rings. The van der Waals surface area contributed by atoms with Gasteiger partial charge in [-0.15, -0.1) is 0 Å². The highest BCUT2D eigenvalue weighted by molar-refractivity contribution is 5.89. The Morgan fingerprint density at radius 1 is 0.780 bits per heavy atom. The summed E-state index contributed by atoms with van der Waals surface area (Å²) in [5, 5.41) is 89.4. The molecule has 276 valence electrons. The summed E-state index contributed by atoms with van der Waals surface area (Å²) in [5.74, 6) is -1.92. The van der Waals surface area contributed by atoms with Crippen molar-refractivity contribution in [2.45, 2.75) is 93.6 Å². The van der Waals surface area contributed by atoms with Crippen molar-refractivity contribution in [3.8, 4) is 11.5 Å². The van der Waals surface area contributed by atoms with E-state index in [0.29, 0.717) is 11.1 Å². The van der Waals surface area contributed by atoms with Crippen LogP contribution in [0.4, 0.5) is 0 Å². The molecule has 0 spiro atoms. The summed E-state index contributed by atoms with van der Waals surface area (Å²) in [6, 6.07) is 11.7. The third-order valence-electron chi connectivity index (χ3n) is 8.06. The van der Waals surface area contributed by atoms with Gasteiger partial charge in [0.15, 0.2) is 6.29 Å². The fraction of sp³-hybridized carbons (Fsp3) is 0.515. The van der Waals surface area contributed by atoms with Crippen LogP contribution in [0.5, 0.6) is 11.5 Å². The van der Waals surface area contributed by atoms with E-state index in [0.717, 1.165) is 6.08 Å². The van der Waals surface area contributed by atoms with Gasteiger partial charge >= 0.3 is 11.9 Å². The van der Waals surface area contributed by atoms with Crippen LogP contribution in [0, 0.1) is 0 Å². The second-order valence-corrected chi connectivity index (χ2v) is 12.2. The van der Waals surface area contributed by atoms with Gasteiger partial charge < -0.3 is 74.4 Å². The maximum Gasteiger partial charge on any atom is 0.350 e. The molecule has 9 N–H and O–H groups in total. The number of esters is 2. The molecule has 0 bridgehead atoms. The number of hydrogen-bond acceptors (Lipinski definition) is 17. The number of rotatable bonds is 13. The van der Waals surface area contributed by atoms with Gasteiger partial charge in [0.1, 0.15) is 72.5 Å². The molecule has 17 nitrogen and oxygen atoms in total. The van der Waals surface area contributed by atoms with Crippen LogP contribution in [0.1, 0.15) is 25.0 Å². The van der Waals surface area contributed by atoms with Crippen LogP contribution < -0.4 is 4.74 Å². The Hall–Kier alpha value is -3.72. The molecule has 0 aliphatic carbocycles. The first-order valence-corrected chi connectivity index (χ1v) is 15.5. The number of phenolic OH excluding ortho intramolecular Hbond substituents is 1. The first-order chi connectivity index (χ1) is 23.6. The van der Waals surface area contributed by atoms with Gasteiger partial charge in [0, 0.05) is 6.08 Å². The van der Waals surface area contributed by atoms with E-state index in [9.17, 15) is 55.5 Å². The molecule has 0 amide bonds. The lowest BCUT2D eigenvalue weighted by atomic mass is 9.97. The predicted octanol–water partition coefficient (Wildman–Crippen LogP) is -2.17. The van der Waals surface area contributed by atoms with Crippen LogP contribution in [0.2, 0.25) is 0 Å². The molecule has 0 saturated carbocycles. The predicted molar refractivity (Wildman–Crippen MR) is 167 cm³/mol. The van der Waals surface area contributed by atoms with Crippen molar-refractivity contribution < 1.29 is 84.0 Å². The molecule has 2 aliphatic heterocycles. The lowest BCUT2D eigenvalue weighted by Gasteiger charge is -2.43. The monoisotopic (exact) mass is 710 g/mol. The molecular weight excluding hydrogens is 668 g/mol. The van der Waals surface area contributed by atoms with Gasteiger partial charge in [-0.1, -0.05) is 24.3 Å². The van der Waals surface area contributed by atoms with Crippen LogP contribution in [0.15, 0.2) is 54.6 Å². The normalized spacial score (nSPS) is 30.8. The molecule has 50 heavy (non-hydrogen) atoms. The molecule has 4 rings (SSSR count). The van der Waals surface area contributed by atoms with Crippen molar-refractivity contribution in [3.63, 3.8) is 0 Å². The zero-order chi connectivity index (χ0) is 36.7. The third kappa shape index (κ3) is 9.53. The summed E-state index contributed by atoms with van der Waals surface area (Å²) >= 11 is 0. The average molecular weight is 711 g/mol. The average Bonchev–Trinajstić information content (AvgIpc) is 3.10. The summed E-state index contributed by atoms with van der Waals surface area (Å²) < 4.78 is 33.0. The Kier molecular flexibility index (Phi) is 13.3. The lowest BCUT2D eigenvalue weighted by Crippen LogP contribution is -2.62. The fourth-order valence-electron chi connectivity index (χ4n) is 5.10. The molecule has 2 aromatic carbocycles. The maximum absolute atomic E-state index is 13.5. The van der Waals surface area contributed by atoms with Crippen LogP contribution in [-0.4, -0.2) is 144 Å².